The first kappa shape index (κ1) is 12.2. The monoisotopic (exact) mass is 289 g/mol. The van der Waals surface area contributed by atoms with E-state index in [1.807, 2.05) is 24.3 Å². The van der Waals surface area contributed by atoms with E-state index in [0.717, 1.165) is 18.7 Å². The van der Waals surface area contributed by atoms with Crippen molar-refractivity contribution in [3.05, 3.63) is 29.3 Å². The molecule has 2 heterocycles. The van der Waals surface area contributed by atoms with Crippen LogP contribution in [0.1, 0.15) is 25.7 Å². The lowest BCUT2D eigenvalue weighted by Gasteiger charge is -2.31. The lowest BCUT2D eigenvalue weighted by molar-refractivity contribution is 0.352. The zero-order chi connectivity index (χ0) is 13.6. The average Bonchev–Trinajstić information content (AvgIpc) is 3.03. The quantitative estimate of drug-likeness (QED) is 0.844. The highest BCUT2D eigenvalue weighted by Gasteiger charge is 2.46. The largest absolute Gasteiger partial charge is 0.324 e. The number of anilines is 1. The van der Waals surface area contributed by atoms with Gasteiger partial charge in [-0.05, 0) is 43.2 Å². The van der Waals surface area contributed by atoms with E-state index in [2.05, 4.69) is 15.0 Å². The van der Waals surface area contributed by atoms with Crippen LogP contribution >= 0.6 is 11.6 Å². The minimum atomic E-state index is 0.545. The molecule has 0 bridgehead atoms. The molecular formula is C15H16ClN3O. The SMILES string of the molecule is Clc1cccc(-c2noc(N3CCCC4(CC4)C3)n2)c1. The van der Waals surface area contributed by atoms with E-state index in [1.54, 1.807) is 0 Å². The molecule has 2 aromatic rings. The zero-order valence-corrected chi connectivity index (χ0v) is 11.9. The number of hydrogen-bond donors (Lipinski definition) is 0. The number of piperidine rings is 1. The standard InChI is InChI=1S/C15H16ClN3O/c16-12-4-1-3-11(9-12)13-17-14(20-18-13)19-8-2-5-15(10-19)6-7-15/h1,3-4,9H,2,5-8,10H2. The molecule has 0 N–H and O–H groups in total. The van der Waals surface area contributed by atoms with Gasteiger partial charge in [-0.3, -0.25) is 0 Å². The number of nitrogens with zero attached hydrogens (tertiary/aromatic N) is 3. The van der Waals surface area contributed by atoms with Gasteiger partial charge in [-0.25, -0.2) is 0 Å². The highest BCUT2D eigenvalue weighted by molar-refractivity contribution is 6.30. The summed E-state index contributed by atoms with van der Waals surface area (Å²) in [5, 5.41) is 4.77. The van der Waals surface area contributed by atoms with Crippen molar-refractivity contribution in [1.82, 2.24) is 10.1 Å². The van der Waals surface area contributed by atoms with Gasteiger partial charge in [0.25, 0.3) is 0 Å². The minimum absolute atomic E-state index is 0.545. The normalized spacial score (nSPS) is 20.4. The predicted molar refractivity (Wildman–Crippen MR) is 77.9 cm³/mol. The van der Waals surface area contributed by atoms with Crippen LogP contribution in [0.5, 0.6) is 0 Å². The molecule has 4 nitrogen and oxygen atoms in total. The first-order valence-electron chi connectivity index (χ1n) is 7.09. The average molecular weight is 290 g/mol. The van der Waals surface area contributed by atoms with Gasteiger partial charge in [-0.1, -0.05) is 28.9 Å². The third kappa shape index (κ3) is 2.18. The lowest BCUT2D eigenvalue weighted by Crippen LogP contribution is -2.36. The molecular weight excluding hydrogens is 274 g/mol. The van der Waals surface area contributed by atoms with Crippen molar-refractivity contribution in [1.29, 1.82) is 0 Å². The highest BCUT2D eigenvalue weighted by Crippen LogP contribution is 2.52. The van der Waals surface area contributed by atoms with E-state index < -0.39 is 0 Å². The first-order chi connectivity index (χ1) is 9.74. The van der Waals surface area contributed by atoms with Gasteiger partial charge in [-0.15, -0.1) is 0 Å². The molecule has 1 aliphatic heterocycles. The number of halogens is 1. The molecule has 2 fully saturated rings. The van der Waals surface area contributed by atoms with Crippen LogP contribution in [0.2, 0.25) is 5.02 Å². The number of hydrogen-bond acceptors (Lipinski definition) is 4. The van der Waals surface area contributed by atoms with Gasteiger partial charge in [0.05, 0.1) is 0 Å². The molecule has 0 atom stereocenters. The van der Waals surface area contributed by atoms with Crippen LogP contribution in [0.3, 0.4) is 0 Å². The fourth-order valence-corrected chi connectivity index (χ4v) is 3.24. The van der Waals surface area contributed by atoms with Gasteiger partial charge in [0.1, 0.15) is 0 Å². The molecule has 20 heavy (non-hydrogen) atoms. The van der Waals surface area contributed by atoms with E-state index in [9.17, 15) is 0 Å². The van der Waals surface area contributed by atoms with Crippen LogP contribution in [0.4, 0.5) is 6.01 Å². The van der Waals surface area contributed by atoms with Gasteiger partial charge in [0, 0.05) is 23.7 Å². The van der Waals surface area contributed by atoms with E-state index in [0.29, 0.717) is 22.3 Å². The van der Waals surface area contributed by atoms with E-state index >= 15 is 0 Å². The molecule has 0 unspecified atom stereocenters. The van der Waals surface area contributed by atoms with Gasteiger partial charge < -0.3 is 9.42 Å². The van der Waals surface area contributed by atoms with Gasteiger partial charge in [-0.2, -0.15) is 4.98 Å². The number of aromatic nitrogens is 2. The summed E-state index contributed by atoms with van der Waals surface area (Å²) in [6.07, 6.45) is 5.26. The summed E-state index contributed by atoms with van der Waals surface area (Å²) in [5.41, 5.74) is 1.44. The first-order valence-corrected chi connectivity index (χ1v) is 7.47. The van der Waals surface area contributed by atoms with Crippen molar-refractivity contribution in [3.8, 4) is 11.4 Å². The second-order valence-electron chi connectivity index (χ2n) is 5.94. The summed E-state index contributed by atoms with van der Waals surface area (Å²) >= 11 is 6.00. The molecule has 1 spiro atoms. The van der Waals surface area contributed by atoms with Crippen LogP contribution in [0, 0.1) is 5.41 Å². The Bertz CT molecular complexity index is 636. The third-order valence-corrected chi connectivity index (χ3v) is 4.62. The Morgan fingerprint density at radius 1 is 1.25 bits per heavy atom. The third-order valence-electron chi connectivity index (χ3n) is 4.39. The highest BCUT2D eigenvalue weighted by atomic mass is 35.5. The molecule has 5 heteroatoms. The van der Waals surface area contributed by atoms with Gasteiger partial charge >= 0.3 is 6.01 Å². The van der Waals surface area contributed by atoms with Crippen molar-refractivity contribution in [2.45, 2.75) is 25.7 Å². The molecule has 1 aliphatic carbocycles. The fourth-order valence-electron chi connectivity index (χ4n) is 3.04. The maximum Gasteiger partial charge on any atom is 0.324 e. The fraction of sp³-hybridized carbons (Fsp3) is 0.467. The maximum atomic E-state index is 6.00. The lowest BCUT2D eigenvalue weighted by atomic mass is 9.95. The minimum Gasteiger partial charge on any atom is -0.324 e. The molecule has 1 aromatic carbocycles. The summed E-state index contributed by atoms with van der Waals surface area (Å²) in [6.45, 7) is 2.07. The van der Waals surface area contributed by atoms with E-state index in [4.69, 9.17) is 16.1 Å². The molecule has 0 amide bonds. The van der Waals surface area contributed by atoms with Crippen LogP contribution in [0.25, 0.3) is 11.4 Å². The van der Waals surface area contributed by atoms with Crippen LogP contribution < -0.4 is 4.90 Å². The molecule has 104 valence electrons. The van der Waals surface area contributed by atoms with Gasteiger partial charge in [0.15, 0.2) is 0 Å². The van der Waals surface area contributed by atoms with Crippen molar-refractivity contribution in [3.63, 3.8) is 0 Å². The van der Waals surface area contributed by atoms with E-state index in [-0.39, 0.29) is 0 Å². The Labute approximate surface area is 122 Å². The second kappa shape index (κ2) is 4.48. The Balaban J connectivity index is 1.58. The smallest absolute Gasteiger partial charge is 0.324 e. The molecule has 0 radical (unpaired) electrons. The van der Waals surface area contributed by atoms with Crippen molar-refractivity contribution >= 4 is 17.6 Å². The second-order valence-corrected chi connectivity index (χ2v) is 6.37. The van der Waals surface area contributed by atoms with Gasteiger partial charge in [0.2, 0.25) is 5.82 Å². The summed E-state index contributed by atoms with van der Waals surface area (Å²) in [5.74, 6) is 0.609. The topological polar surface area (TPSA) is 42.2 Å². The van der Waals surface area contributed by atoms with Crippen LogP contribution in [-0.2, 0) is 0 Å². The van der Waals surface area contributed by atoms with E-state index in [1.165, 1.54) is 25.7 Å². The van der Waals surface area contributed by atoms with Crippen molar-refractivity contribution in [2.75, 3.05) is 18.0 Å². The Hall–Kier alpha value is -1.55. The van der Waals surface area contributed by atoms with Crippen molar-refractivity contribution in [2.24, 2.45) is 5.41 Å². The number of benzene rings is 1. The van der Waals surface area contributed by atoms with Crippen molar-refractivity contribution < 1.29 is 4.52 Å². The summed E-state index contributed by atoms with van der Waals surface area (Å²) in [6, 6.07) is 8.18. The molecule has 2 aliphatic rings. The summed E-state index contributed by atoms with van der Waals surface area (Å²) in [4.78, 5) is 6.76. The Morgan fingerprint density at radius 3 is 2.95 bits per heavy atom. The maximum absolute atomic E-state index is 6.00. The van der Waals surface area contributed by atoms with Crippen LogP contribution in [0.15, 0.2) is 28.8 Å². The zero-order valence-electron chi connectivity index (χ0n) is 11.2. The summed E-state index contributed by atoms with van der Waals surface area (Å²) in [7, 11) is 0. The van der Waals surface area contributed by atoms with Crippen LogP contribution in [-0.4, -0.2) is 23.2 Å². The predicted octanol–water partition coefficient (Wildman–Crippen LogP) is 3.77. The molecule has 1 saturated heterocycles. The Kier molecular flexibility index (Phi) is 2.74. The molecule has 1 aromatic heterocycles. The molecule has 1 saturated carbocycles. The number of rotatable bonds is 2. The summed E-state index contributed by atoms with van der Waals surface area (Å²) < 4.78 is 5.44. The Morgan fingerprint density at radius 2 is 2.15 bits per heavy atom. The molecule has 4 rings (SSSR count).